The molecule has 316 valence electrons. The summed E-state index contributed by atoms with van der Waals surface area (Å²) in [6.45, 7) is 13.5. The number of benzene rings is 6. The average molecular weight is 843 g/mol. The van der Waals surface area contributed by atoms with Gasteiger partial charge >= 0.3 is 0 Å². The average Bonchev–Trinajstić information content (AvgIpc) is 3.89. The molecular formula is C59H50N6. The molecule has 8 aromatic rings. The smallest absolute Gasteiger partial charge is 0.159 e. The van der Waals surface area contributed by atoms with Crippen molar-refractivity contribution in [3.63, 3.8) is 0 Å². The number of allylic oxidation sites excluding steroid dienone is 5. The Morgan fingerprint density at radius 3 is 2.14 bits per heavy atom. The molecule has 6 nitrogen and oxygen atoms in total. The van der Waals surface area contributed by atoms with Crippen LogP contribution < -0.4 is 5.32 Å². The first-order valence-corrected chi connectivity index (χ1v) is 23.0. The molecule has 1 N–H and O–H groups in total. The van der Waals surface area contributed by atoms with Crippen LogP contribution >= 0.6 is 0 Å². The van der Waals surface area contributed by atoms with Crippen LogP contribution in [-0.2, 0) is 11.8 Å². The molecule has 0 fully saturated rings. The first-order valence-electron chi connectivity index (χ1n) is 23.0. The van der Waals surface area contributed by atoms with Gasteiger partial charge in [0, 0.05) is 38.5 Å². The van der Waals surface area contributed by atoms with Crippen LogP contribution in [0.15, 0.2) is 150 Å². The van der Waals surface area contributed by atoms with Gasteiger partial charge in [-0.25, -0.2) is 9.98 Å². The minimum Gasteiger partial charge on any atom is -0.344 e. The Balaban J connectivity index is 1.13. The predicted molar refractivity (Wildman–Crippen MR) is 269 cm³/mol. The summed E-state index contributed by atoms with van der Waals surface area (Å²) >= 11 is 0. The molecule has 3 atom stereocenters. The molecule has 2 aromatic heterocycles. The minimum atomic E-state index is -0.592. The SMILES string of the molecule is Cc1ccc2c(c1)c1c(n2-c2cc(-n3c4ccc(C)cc4c4cc(C)ccc43)c(C3N=C(c4ccccc4)N=C(c4ccc5c(c4)C4=CC=CCC4C5(C)C)N3)cc2C#N)C=CC(C)C1. The Bertz CT molecular complexity index is 3500. The Kier molecular flexibility index (Phi) is 8.74. The number of aryl methyl sites for hydroxylation is 3. The second kappa shape index (κ2) is 14.5. The predicted octanol–water partition coefficient (Wildman–Crippen LogP) is 13.5. The number of fused-ring (bicyclic) bond motifs is 9. The van der Waals surface area contributed by atoms with Gasteiger partial charge in [0.15, 0.2) is 5.84 Å². The molecule has 0 saturated carbocycles. The van der Waals surface area contributed by atoms with E-state index < -0.39 is 6.17 Å². The molecule has 1 aliphatic heterocycles. The Labute approximate surface area is 380 Å². The van der Waals surface area contributed by atoms with Crippen molar-refractivity contribution in [3.8, 4) is 17.4 Å². The lowest BCUT2D eigenvalue weighted by Crippen LogP contribution is -2.34. The molecule has 0 bridgehead atoms. The second-order valence-electron chi connectivity index (χ2n) is 19.3. The lowest BCUT2D eigenvalue weighted by Gasteiger charge is -2.29. The van der Waals surface area contributed by atoms with Crippen LogP contribution in [0.4, 0.5) is 0 Å². The van der Waals surface area contributed by atoms with Crippen molar-refractivity contribution in [3.05, 3.63) is 201 Å². The molecule has 3 aliphatic carbocycles. The van der Waals surface area contributed by atoms with Crippen molar-refractivity contribution >= 4 is 56.0 Å². The van der Waals surface area contributed by atoms with Gasteiger partial charge in [0.25, 0.3) is 0 Å². The fourth-order valence-electron chi connectivity index (χ4n) is 11.3. The van der Waals surface area contributed by atoms with Crippen molar-refractivity contribution in [1.29, 1.82) is 5.26 Å². The van der Waals surface area contributed by atoms with Crippen LogP contribution in [0.3, 0.4) is 0 Å². The summed E-state index contributed by atoms with van der Waals surface area (Å²) in [4.78, 5) is 10.8. The van der Waals surface area contributed by atoms with Crippen molar-refractivity contribution in [2.75, 3.05) is 0 Å². The van der Waals surface area contributed by atoms with E-state index in [-0.39, 0.29) is 5.41 Å². The highest BCUT2D eigenvalue weighted by atomic mass is 15.2. The number of amidine groups is 2. The second-order valence-corrected chi connectivity index (χ2v) is 19.3. The summed E-state index contributed by atoms with van der Waals surface area (Å²) in [5, 5.41) is 18.8. The Morgan fingerprint density at radius 1 is 0.738 bits per heavy atom. The first kappa shape index (κ1) is 39.1. The summed E-state index contributed by atoms with van der Waals surface area (Å²) in [7, 11) is 0. The molecule has 0 radical (unpaired) electrons. The normalized spacial score (nSPS) is 19.3. The maximum atomic E-state index is 11.3. The van der Waals surface area contributed by atoms with E-state index in [0.29, 0.717) is 23.2 Å². The number of aliphatic imine (C=N–C) groups is 2. The number of hydrogen-bond donors (Lipinski definition) is 1. The third kappa shape index (κ3) is 6.06. The minimum absolute atomic E-state index is 0.0202. The molecule has 0 spiro atoms. The molecule has 12 rings (SSSR count). The quantitative estimate of drug-likeness (QED) is 0.187. The summed E-state index contributed by atoms with van der Waals surface area (Å²) in [6.07, 6.45) is 12.8. The lowest BCUT2D eigenvalue weighted by atomic mass is 9.75. The lowest BCUT2D eigenvalue weighted by molar-refractivity contribution is 0.414. The monoisotopic (exact) mass is 842 g/mol. The number of nitrogens with one attached hydrogen (secondary N) is 1. The molecule has 0 amide bonds. The van der Waals surface area contributed by atoms with Crippen LogP contribution in [0.5, 0.6) is 0 Å². The van der Waals surface area contributed by atoms with Gasteiger partial charge < -0.3 is 14.5 Å². The molecule has 6 aromatic carbocycles. The van der Waals surface area contributed by atoms with Gasteiger partial charge in [-0.05, 0) is 134 Å². The van der Waals surface area contributed by atoms with E-state index in [0.717, 1.165) is 69.0 Å². The summed E-state index contributed by atoms with van der Waals surface area (Å²) < 4.78 is 4.73. The van der Waals surface area contributed by atoms with Crippen molar-refractivity contribution < 1.29 is 0 Å². The fraction of sp³-hybridized carbons (Fsp3) is 0.203. The zero-order valence-electron chi connectivity index (χ0n) is 37.7. The van der Waals surface area contributed by atoms with E-state index >= 15 is 0 Å². The van der Waals surface area contributed by atoms with Gasteiger partial charge in [0.2, 0.25) is 0 Å². The largest absolute Gasteiger partial charge is 0.344 e. The Hall–Kier alpha value is -7.49. The van der Waals surface area contributed by atoms with Crippen LogP contribution in [0.25, 0.3) is 55.7 Å². The van der Waals surface area contributed by atoms with Gasteiger partial charge in [-0.2, -0.15) is 5.26 Å². The molecule has 0 saturated heterocycles. The van der Waals surface area contributed by atoms with Crippen molar-refractivity contribution in [2.45, 2.75) is 66.0 Å². The van der Waals surface area contributed by atoms with Gasteiger partial charge in [0.1, 0.15) is 18.1 Å². The van der Waals surface area contributed by atoms with Gasteiger partial charge in [-0.15, -0.1) is 0 Å². The number of hydrogen-bond acceptors (Lipinski definition) is 4. The first-order chi connectivity index (χ1) is 31.5. The van der Waals surface area contributed by atoms with E-state index in [9.17, 15) is 5.26 Å². The van der Waals surface area contributed by atoms with Gasteiger partial charge in [-0.1, -0.05) is 122 Å². The van der Waals surface area contributed by atoms with Crippen LogP contribution in [0.2, 0.25) is 0 Å². The highest BCUT2D eigenvalue weighted by Crippen LogP contribution is 2.53. The molecular weight excluding hydrogens is 793 g/mol. The van der Waals surface area contributed by atoms with Crippen LogP contribution in [0, 0.1) is 43.9 Å². The number of rotatable bonds is 5. The zero-order valence-corrected chi connectivity index (χ0v) is 37.7. The molecule has 3 heterocycles. The number of aromatic nitrogens is 2. The summed E-state index contributed by atoms with van der Waals surface area (Å²) in [6, 6.07) is 44.4. The fourth-order valence-corrected chi connectivity index (χ4v) is 11.3. The standard InChI is InChI=1S/C59H50N6/c1-34-16-22-50-43(26-34)44-27-35(2)17-23-51(44)64(50)54-32-55(65-52-24-18-36(3)28-45(52)46-29-37(4)19-25-53(46)65)47(31-40(54)33-60)58-62-56(38-12-8-7-9-13-38)61-57(63-58)39-20-21-49-42(30-39)41-14-10-11-15-48(41)59(49,5)6/h7-14,16-26,28-32,35,48,58H,15,27H2,1-6H3,(H,61,62,63). The van der Waals surface area contributed by atoms with E-state index in [1.807, 2.05) is 18.2 Å². The third-order valence-electron chi connectivity index (χ3n) is 14.6. The van der Waals surface area contributed by atoms with Gasteiger partial charge in [0.05, 0.1) is 33.5 Å². The number of nitrogens with zero attached hydrogens (tertiary/aromatic N) is 5. The van der Waals surface area contributed by atoms with Crippen LogP contribution in [0.1, 0.15) is 94.7 Å². The molecule has 3 unspecified atom stereocenters. The van der Waals surface area contributed by atoms with E-state index in [1.165, 1.54) is 55.1 Å². The van der Waals surface area contributed by atoms with Crippen molar-refractivity contribution in [1.82, 2.24) is 14.5 Å². The van der Waals surface area contributed by atoms with E-state index in [4.69, 9.17) is 9.98 Å². The van der Waals surface area contributed by atoms with Gasteiger partial charge in [-0.3, -0.25) is 0 Å². The maximum Gasteiger partial charge on any atom is 0.159 e. The van der Waals surface area contributed by atoms with E-state index in [1.54, 1.807) is 0 Å². The summed E-state index contributed by atoms with van der Waals surface area (Å²) in [5.41, 5.74) is 18.7. The molecule has 65 heavy (non-hydrogen) atoms. The van der Waals surface area contributed by atoms with Crippen molar-refractivity contribution in [2.24, 2.45) is 21.8 Å². The zero-order chi connectivity index (χ0) is 44.3. The third-order valence-corrected chi connectivity index (χ3v) is 14.6. The Morgan fingerprint density at radius 2 is 1.43 bits per heavy atom. The molecule has 4 aliphatic rings. The maximum absolute atomic E-state index is 11.3. The van der Waals surface area contributed by atoms with Crippen LogP contribution in [-0.4, -0.2) is 20.8 Å². The molecule has 6 heteroatoms. The highest BCUT2D eigenvalue weighted by molar-refractivity contribution is 6.14. The topological polar surface area (TPSA) is 70.4 Å². The highest BCUT2D eigenvalue weighted by Gasteiger charge is 2.43. The summed E-state index contributed by atoms with van der Waals surface area (Å²) in [5.74, 6) is 2.25. The van der Waals surface area contributed by atoms with E-state index in [2.05, 4.69) is 190 Å². The number of nitriles is 1.